The summed E-state index contributed by atoms with van der Waals surface area (Å²) in [4.78, 5) is 11.6. The minimum absolute atomic E-state index is 0.0478. The lowest BCUT2D eigenvalue weighted by atomic mass is 10.2. The number of phenolic OH excluding ortho intramolecular Hbond substituents is 1. The van der Waals surface area contributed by atoms with E-state index < -0.39 is 6.09 Å². The molecule has 0 heterocycles. The van der Waals surface area contributed by atoms with E-state index in [-0.39, 0.29) is 12.4 Å². The van der Waals surface area contributed by atoms with E-state index in [4.69, 9.17) is 9.47 Å². The number of rotatable bonds is 4. The molecule has 5 heteroatoms. The van der Waals surface area contributed by atoms with Crippen LogP contribution in [0.15, 0.2) is 48.5 Å². The van der Waals surface area contributed by atoms with Crippen LogP contribution in [0.1, 0.15) is 5.56 Å². The van der Waals surface area contributed by atoms with E-state index in [0.717, 1.165) is 5.56 Å². The number of amides is 1. The highest BCUT2D eigenvalue weighted by atomic mass is 16.5. The molecule has 0 aromatic heterocycles. The standard InChI is InChI=1S/C15H15NO4/c1-19-14-8-7-12(9-13(14)17)16-15(18)20-10-11-5-3-2-4-6-11/h2-9,17H,10H2,1H3,(H,16,18). The van der Waals surface area contributed by atoms with E-state index in [1.165, 1.54) is 13.2 Å². The van der Waals surface area contributed by atoms with Crippen molar-refractivity contribution in [3.63, 3.8) is 0 Å². The van der Waals surface area contributed by atoms with Crippen molar-refractivity contribution in [2.24, 2.45) is 0 Å². The summed E-state index contributed by atoms with van der Waals surface area (Å²) in [5, 5.41) is 12.1. The van der Waals surface area contributed by atoms with Crippen LogP contribution in [0.2, 0.25) is 0 Å². The molecule has 2 aromatic carbocycles. The Hall–Kier alpha value is -2.69. The Morgan fingerprint density at radius 2 is 1.95 bits per heavy atom. The molecule has 2 rings (SSSR count). The maximum atomic E-state index is 11.6. The van der Waals surface area contributed by atoms with Gasteiger partial charge >= 0.3 is 6.09 Å². The first-order chi connectivity index (χ1) is 9.69. The third-order valence-corrected chi connectivity index (χ3v) is 2.64. The smallest absolute Gasteiger partial charge is 0.411 e. The van der Waals surface area contributed by atoms with Crippen LogP contribution < -0.4 is 10.1 Å². The molecule has 0 radical (unpaired) electrons. The normalized spacial score (nSPS) is 9.85. The van der Waals surface area contributed by atoms with Crippen molar-refractivity contribution in [3.8, 4) is 11.5 Å². The Morgan fingerprint density at radius 3 is 2.60 bits per heavy atom. The quantitative estimate of drug-likeness (QED) is 0.898. The Bertz CT molecular complexity index is 584. The minimum Gasteiger partial charge on any atom is -0.504 e. The number of hydrogen-bond acceptors (Lipinski definition) is 4. The molecule has 0 fully saturated rings. The predicted octanol–water partition coefficient (Wildman–Crippen LogP) is 3.15. The van der Waals surface area contributed by atoms with Crippen LogP contribution in [0, 0.1) is 0 Å². The van der Waals surface area contributed by atoms with Crippen molar-refractivity contribution < 1.29 is 19.4 Å². The summed E-state index contributed by atoms with van der Waals surface area (Å²) in [6.07, 6.45) is -0.585. The maximum Gasteiger partial charge on any atom is 0.411 e. The van der Waals surface area contributed by atoms with E-state index in [0.29, 0.717) is 11.4 Å². The molecule has 5 nitrogen and oxygen atoms in total. The molecule has 0 atom stereocenters. The Balaban J connectivity index is 1.90. The summed E-state index contributed by atoms with van der Waals surface area (Å²) in [7, 11) is 1.45. The van der Waals surface area contributed by atoms with E-state index in [1.54, 1.807) is 12.1 Å². The lowest BCUT2D eigenvalue weighted by Gasteiger charge is -2.09. The van der Waals surface area contributed by atoms with Gasteiger partial charge in [-0.3, -0.25) is 5.32 Å². The number of nitrogens with one attached hydrogen (secondary N) is 1. The van der Waals surface area contributed by atoms with Gasteiger partial charge in [-0.05, 0) is 17.7 Å². The fraction of sp³-hybridized carbons (Fsp3) is 0.133. The van der Waals surface area contributed by atoms with Crippen molar-refractivity contribution in [2.75, 3.05) is 12.4 Å². The van der Waals surface area contributed by atoms with Crippen LogP contribution in [-0.4, -0.2) is 18.3 Å². The van der Waals surface area contributed by atoms with Gasteiger partial charge in [-0.2, -0.15) is 0 Å². The zero-order valence-corrected chi connectivity index (χ0v) is 11.0. The van der Waals surface area contributed by atoms with Crippen molar-refractivity contribution in [3.05, 3.63) is 54.1 Å². The van der Waals surface area contributed by atoms with Crippen molar-refractivity contribution >= 4 is 11.8 Å². The third-order valence-electron chi connectivity index (χ3n) is 2.64. The highest BCUT2D eigenvalue weighted by Gasteiger charge is 2.07. The number of carbonyl (C=O) groups excluding carboxylic acids is 1. The van der Waals surface area contributed by atoms with Gasteiger partial charge in [0.2, 0.25) is 0 Å². The number of ether oxygens (including phenoxy) is 2. The molecule has 0 bridgehead atoms. The third kappa shape index (κ3) is 3.65. The van der Waals surface area contributed by atoms with Crippen molar-refractivity contribution in [1.29, 1.82) is 0 Å². The average Bonchev–Trinajstić information content (AvgIpc) is 2.46. The number of benzene rings is 2. The SMILES string of the molecule is COc1ccc(NC(=O)OCc2ccccc2)cc1O. The van der Waals surface area contributed by atoms with Gasteiger partial charge in [0.05, 0.1) is 7.11 Å². The lowest BCUT2D eigenvalue weighted by molar-refractivity contribution is 0.155. The molecule has 0 unspecified atom stereocenters. The van der Waals surface area contributed by atoms with Gasteiger partial charge in [0, 0.05) is 11.8 Å². The second kappa shape index (κ2) is 6.47. The largest absolute Gasteiger partial charge is 0.504 e. The van der Waals surface area contributed by atoms with Gasteiger partial charge in [0.25, 0.3) is 0 Å². The van der Waals surface area contributed by atoms with Gasteiger partial charge in [-0.25, -0.2) is 4.79 Å². The number of methoxy groups -OCH3 is 1. The summed E-state index contributed by atoms with van der Waals surface area (Å²) < 4.78 is 9.98. The number of aromatic hydroxyl groups is 1. The molecule has 1 amide bonds. The van der Waals surface area contributed by atoms with Crippen LogP contribution in [-0.2, 0) is 11.3 Å². The van der Waals surface area contributed by atoms with Crippen molar-refractivity contribution in [2.45, 2.75) is 6.61 Å². The monoisotopic (exact) mass is 273 g/mol. The molecule has 2 aromatic rings. The molecule has 20 heavy (non-hydrogen) atoms. The summed E-state index contributed by atoms with van der Waals surface area (Å²) in [5.74, 6) is 0.293. The van der Waals surface area contributed by atoms with Crippen LogP contribution in [0.5, 0.6) is 11.5 Å². The second-order valence-electron chi connectivity index (χ2n) is 4.07. The Kier molecular flexibility index (Phi) is 4.44. The highest BCUT2D eigenvalue weighted by Crippen LogP contribution is 2.28. The van der Waals surface area contributed by atoms with Gasteiger partial charge in [-0.15, -0.1) is 0 Å². The maximum absolute atomic E-state index is 11.6. The van der Waals surface area contributed by atoms with Crippen LogP contribution in [0.4, 0.5) is 10.5 Å². The first-order valence-corrected chi connectivity index (χ1v) is 6.04. The fourth-order valence-corrected chi connectivity index (χ4v) is 1.64. The first kappa shape index (κ1) is 13.7. The zero-order valence-electron chi connectivity index (χ0n) is 11.0. The van der Waals surface area contributed by atoms with Crippen LogP contribution in [0.25, 0.3) is 0 Å². The summed E-state index contributed by atoms with van der Waals surface area (Å²) in [5.41, 5.74) is 1.33. The number of carbonyl (C=O) groups is 1. The van der Waals surface area contributed by atoms with Gasteiger partial charge in [0.1, 0.15) is 6.61 Å². The molecule has 0 spiro atoms. The second-order valence-corrected chi connectivity index (χ2v) is 4.07. The number of hydrogen-bond donors (Lipinski definition) is 2. The lowest BCUT2D eigenvalue weighted by Crippen LogP contribution is -2.13. The average molecular weight is 273 g/mol. The van der Waals surface area contributed by atoms with Crippen LogP contribution >= 0.6 is 0 Å². The molecule has 0 aliphatic carbocycles. The molecule has 0 aliphatic heterocycles. The highest BCUT2D eigenvalue weighted by molar-refractivity contribution is 5.85. The van der Waals surface area contributed by atoms with Gasteiger partial charge in [-0.1, -0.05) is 30.3 Å². The van der Waals surface area contributed by atoms with Gasteiger partial charge < -0.3 is 14.6 Å². The summed E-state index contributed by atoms with van der Waals surface area (Å²) in [6, 6.07) is 13.9. The van der Waals surface area contributed by atoms with Crippen LogP contribution in [0.3, 0.4) is 0 Å². The van der Waals surface area contributed by atoms with E-state index in [1.807, 2.05) is 30.3 Å². The van der Waals surface area contributed by atoms with E-state index in [9.17, 15) is 9.90 Å². The topological polar surface area (TPSA) is 67.8 Å². The minimum atomic E-state index is -0.585. The molecular weight excluding hydrogens is 258 g/mol. The number of anilines is 1. The molecule has 104 valence electrons. The number of phenols is 1. The Morgan fingerprint density at radius 1 is 1.20 bits per heavy atom. The molecule has 2 N–H and O–H groups in total. The fourth-order valence-electron chi connectivity index (χ4n) is 1.64. The molecule has 0 aliphatic rings. The Labute approximate surface area is 116 Å². The first-order valence-electron chi connectivity index (χ1n) is 6.04. The molecule has 0 saturated heterocycles. The van der Waals surface area contributed by atoms with Crippen molar-refractivity contribution in [1.82, 2.24) is 0 Å². The zero-order chi connectivity index (χ0) is 14.4. The summed E-state index contributed by atoms with van der Waals surface area (Å²) >= 11 is 0. The van der Waals surface area contributed by atoms with Gasteiger partial charge in [0.15, 0.2) is 11.5 Å². The molecular formula is C15H15NO4. The molecule has 0 saturated carbocycles. The van der Waals surface area contributed by atoms with E-state index in [2.05, 4.69) is 5.32 Å². The van der Waals surface area contributed by atoms with E-state index >= 15 is 0 Å². The predicted molar refractivity (Wildman–Crippen MR) is 74.9 cm³/mol. The summed E-state index contributed by atoms with van der Waals surface area (Å²) in [6.45, 7) is 0.189.